The van der Waals surface area contributed by atoms with Crippen LogP contribution in [0.2, 0.25) is 0 Å². The second-order valence-corrected chi connectivity index (χ2v) is 6.65. The fourth-order valence-corrected chi connectivity index (χ4v) is 3.69. The highest BCUT2D eigenvalue weighted by Crippen LogP contribution is 2.30. The summed E-state index contributed by atoms with van der Waals surface area (Å²) in [7, 11) is 0. The zero-order valence-corrected chi connectivity index (χ0v) is 14.3. The monoisotopic (exact) mass is 348 g/mol. The molecule has 0 spiro atoms. The summed E-state index contributed by atoms with van der Waals surface area (Å²) in [4.78, 5) is 18.2. The maximum atomic E-state index is 12.7. The van der Waals surface area contributed by atoms with E-state index < -0.39 is 0 Å². The number of thiophene rings is 1. The molecular formula is C20H16N2O2S. The average molecular weight is 348 g/mol. The first-order chi connectivity index (χ1) is 12.3. The van der Waals surface area contributed by atoms with Crippen LogP contribution in [0.3, 0.4) is 0 Å². The fraction of sp³-hybridized carbons (Fsp3) is 0.100. The number of hydrogen-bond donors (Lipinski definition) is 0. The number of hydrogen-bond acceptors (Lipinski definition) is 4. The minimum atomic E-state index is -0.0196. The van der Waals surface area contributed by atoms with Crippen molar-refractivity contribution in [3.63, 3.8) is 0 Å². The summed E-state index contributed by atoms with van der Waals surface area (Å²) < 4.78 is 7.96. The van der Waals surface area contributed by atoms with Crippen molar-refractivity contribution in [1.82, 2.24) is 9.55 Å². The Morgan fingerprint density at radius 2 is 1.72 bits per heavy atom. The molecule has 0 aliphatic carbocycles. The van der Waals surface area contributed by atoms with Crippen LogP contribution in [0.4, 0.5) is 0 Å². The average Bonchev–Trinajstić information content (AvgIpc) is 3.10. The van der Waals surface area contributed by atoms with Crippen molar-refractivity contribution < 1.29 is 4.74 Å². The number of para-hydroxylation sites is 1. The Labute approximate surface area is 149 Å². The van der Waals surface area contributed by atoms with Gasteiger partial charge in [0, 0.05) is 4.88 Å². The zero-order valence-electron chi connectivity index (χ0n) is 13.5. The van der Waals surface area contributed by atoms with Crippen LogP contribution in [0.25, 0.3) is 20.7 Å². The third kappa shape index (κ3) is 3.32. The van der Waals surface area contributed by atoms with Crippen molar-refractivity contribution in [2.75, 3.05) is 6.61 Å². The van der Waals surface area contributed by atoms with Gasteiger partial charge in [0.1, 0.15) is 17.1 Å². The Hall–Kier alpha value is -2.92. The minimum Gasteiger partial charge on any atom is -0.492 e. The summed E-state index contributed by atoms with van der Waals surface area (Å²) in [6.45, 7) is 0.892. The lowest BCUT2D eigenvalue weighted by atomic mass is 10.2. The summed E-state index contributed by atoms with van der Waals surface area (Å²) in [5, 5.41) is 0. The van der Waals surface area contributed by atoms with Gasteiger partial charge in [0.25, 0.3) is 5.56 Å². The lowest BCUT2D eigenvalue weighted by molar-refractivity contribution is 0.296. The molecule has 0 aliphatic heterocycles. The SMILES string of the molecule is O=c1c2sc(-c3ccccc3)cc2ncn1CCOc1ccccc1. The van der Waals surface area contributed by atoms with E-state index in [1.165, 1.54) is 11.3 Å². The van der Waals surface area contributed by atoms with Gasteiger partial charge in [-0.2, -0.15) is 0 Å². The first-order valence-electron chi connectivity index (χ1n) is 8.03. The molecule has 0 radical (unpaired) electrons. The number of fused-ring (bicyclic) bond motifs is 1. The zero-order chi connectivity index (χ0) is 17.1. The third-order valence-electron chi connectivity index (χ3n) is 3.91. The first-order valence-corrected chi connectivity index (χ1v) is 8.85. The van der Waals surface area contributed by atoms with E-state index in [-0.39, 0.29) is 5.56 Å². The van der Waals surface area contributed by atoms with Crippen molar-refractivity contribution in [3.8, 4) is 16.2 Å². The molecular weight excluding hydrogens is 332 g/mol. The quantitative estimate of drug-likeness (QED) is 0.543. The summed E-state index contributed by atoms with van der Waals surface area (Å²) >= 11 is 1.48. The van der Waals surface area contributed by atoms with Gasteiger partial charge in [0.15, 0.2) is 0 Å². The molecule has 4 nitrogen and oxygen atoms in total. The lowest BCUT2D eigenvalue weighted by Crippen LogP contribution is -2.22. The van der Waals surface area contributed by atoms with Crippen molar-refractivity contribution in [2.45, 2.75) is 6.54 Å². The van der Waals surface area contributed by atoms with Crippen molar-refractivity contribution in [2.24, 2.45) is 0 Å². The predicted octanol–water partition coefficient (Wildman–Crippen LogP) is 4.20. The molecule has 0 amide bonds. The summed E-state index contributed by atoms with van der Waals surface area (Å²) in [6, 6.07) is 21.6. The second-order valence-electron chi connectivity index (χ2n) is 5.60. The van der Waals surface area contributed by atoms with Gasteiger partial charge in [-0.1, -0.05) is 48.5 Å². The molecule has 2 aromatic heterocycles. The van der Waals surface area contributed by atoms with Crippen LogP contribution in [0.15, 0.2) is 77.9 Å². The molecule has 0 fully saturated rings. The highest BCUT2D eigenvalue weighted by Gasteiger charge is 2.10. The van der Waals surface area contributed by atoms with Gasteiger partial charge in [0.05, 0.1) is 18.4 Å². The first kappa shape index (κ1) is 15.6. The molecule has 0 atom stereocenters. The van der Waals surface area contributed by atoms with Crippen LogP contribution in [0.5, 0.6) is 5.75 Å². The van der Waals surface area contributed by atoms with E-state index in [9.17, 15) is 4.79 Å². The number of benzene rings is 2. The summed E-state index contributed by atoms with van der Waals surface area (Å²) in [6.07, 6.45) is 1.60. The van der Waals surface area contributed by atoms with Crippen LogP contribution in [-0.2, 0) is 6.54 Å². The van der Waals surface area contributed by atoms with Crippen LogP contribution in [-0.4, -0.2) is 16.2 Å². The number of nitrogens with zero attached hydrogens (tertiary/aromatic N) is 2. The van der Waals surface area contributed by atoms with Crippen molar-refractivity contribution in [1.29, 1.82) is 0 Å². The van der Waals surface area contributed by atoms with Crippen LogP contribution >= 0.6 is 11.3 Å². The molecule has 2 heterocycles. The van der Waals surface area contributed by atoms with Gasteiger partial charge >= 0.3 is 0 Å². The molecule has 4 aromatic rings. The van der Waals surface area contributed by atoms with E-state index in [1.807, 2.05) is 66.7 Å². The fourth-order valence-electron chi connectivity index (χ4n) is 2.63. The van der Waals surface area contributed by atoms with Crippen LogP contribution < -0.4 is 10.3 Å². The van der Waals surface area contributed by atoms with Gasteiger partial charge < -0.3 is 4.74 Å². The van der Waals surface area contributed by atoms with Gasteiger partial charge in [0.2, 0.25) is 0 Å². The highest BCUT2D eigenvalue weighted by molar-refractivity contribution is 7.22. The second kappa shape index (κ2) is 6.91. The van der Waals surface area contributed by atoms with Crippen molar-refractivity contribution in [3.05, 3.63) is 83.4 Å². The molecule has 0 bridgehead atoms. The molecule has 0 aliphatic rings. The highest BCUT2D eigenvalue weighted by atomic mass is 32.1. The van der Waals surface area contributed by atoms with E-state index in [1.54, 1.807) is 10.9 Å². The summed E-state index contributed by atoms with van der Waals surface area (Å²) in [5.41, 5.74) is 1.83. The smallest absolute Gasteiger partial charge is 0.271 e. The maximum absolute atomic E-state index is 12.7. The Morgan fingerprint density at radius 3 is 2.48 bits per heavy atom. The number of rotatable bonds is 5. The summed E-state index contributed by atoms with van der Waals surface area (Å²) in [5.74, 6) is 0.798. The standard InChI is InChI=1S/C20H16N2O2S/c23-20-19-17(13-18(25-19)15-7-3-1-4-8-15)21-14-22(20)11-12-24-16-9-5-2-6-10-16/h1-10,13-14H,11-12H2. The Morgan fingerprint density at radius 1 is 1.00 bits per heavy atom. The predicted molar refractivity (Wildman–Crippen MR) is 101 cm³/mol. The minimum absolute atomic E-state index is 0.0196. The van der Waals surface area contributed by atoms with E-state index in [4.69, 9.17) is 4.74 Å². The van der Waals surface area contributed by atoms with E-state index in [0.717, 1.165) is 21.7 Å². The molecule has 2 aromatic carbocycles. The van der Waals surface area contributed by atoms with Crippen LogP contribution in [0.1, 0.15) is 0 Å². The van der Waals surface area contributed by atoms with E-state index in [2.05, 4.69) is 4.98 Å². The molecule has 25 heavy (non-hydrogen) atoms. The third-order valence-corrected chi connectivity index (χ3v) is 5.07. The largest absolute Gasteiger partial charge is 0.492 e. The molecule has 0 unspecified atom stereocenters. The molecule has 124 valence electrons. The Kier molecular flexibility index (Phi) is 4.31. The normalized spacial score (nSPS) is 10.9. The molecule has 0 N–H and O–H groups in total. The topological polar surface area (TPSA) is 44.1 Å². The molecule has 5 heteroatoms. The number of aromatic nitrogens is 2. The maximum Gasteiger partial charge on any atom is 0.271 e. The lowest BCUT2D eigenvalue weighted by Gasteiger charge is -2.07. The molecule has 4 rings (SSSR count). The molecule has 0 saturated carbocycles. The Balaban J connectivity index is 1.56. The van der Waals surface area contributed by atoms with Crippen LogP contribution in [0, 0.1) is 0 Å². The van der Waals surface area contributed by atoms with E-state index in [0.29, 0.717) is 17.9 Å². The van der Waals surface area contributed by atoms with E-state index >= 15 is 0 Å². The Bertz CT molecular complexity index is 1040. The number of ether oxygens (including phenoxy) is 1. The van der Waals surface area contributed by atoms with Gasteiger partial charge in [-0.05, 0) is 23.8 Å². The van der Waals surface area contributed by atoms with Gasteiger partial charge in [-0.25, -0.2) is 4.98 Å². The van der Waals surface area contributed by atoms with Crippen molar-refractivity contribution >= 4 is 21.6 Å². The molecule has 0 saturated heterocycles. The van der Waals surface area contributed by atoms with Gasteiger partial charge in [-0.3, -0.25) is 9.36 Å². The van der Waals surface area contributed by atoms with Gasteiger partial charge in [-0.15, -0.1) is 11.3 Å².